The summed E-state index contributed by atoms with van der Waals surface area (Å²) < 4.78 is 0. The molecule has 0 spiro atoms. The lowest BCUT2D eigenvalue weighted by Gasteiger charge is -2.11. The number of nitrogens with one attached hydrogen (secondary N) is 1. The highest BCUT2D eigenvalue weighted by Crippen LogP contribution is 2.01. The van der Waals surface area contributed by atoms with E-state index in [1.807, 2.05) is 11.8 Å². The molecule has 0 aromatic heterocycles. The summed E-state index contributed by atoms with van der Waals surface area (Å²) in [5.74, 6) is 5.05. The summed E-state index contributed by atoms with van der Waals surface area (Å²) in [6.45, 7) is 5.46. The average Bonchev–Trinajstić information content (AvgIpc) is 2.09. The minimum absolute atomic E-state index is 0.618. The molecule has 1 atom stereocenters. The van der Waals surface area contributed by atoms with Gasteiger partial charge in [0.25, 0.3) is 0 Å². The molecule has 0 rings (SSSR count). The molecule has 0 radical (unpaired) electrons. The Labute approximate surface area is 80.7 Å². The van der Waals surface area contributed by atoms with E-state index in [-0.39, 0.29) is 0 Å². The highest BCUT2D eigenvalue weighted by molar-refractivity contribution is 7.99. The maximum absolute atomic E-state index is 5.14. The highest BCUT2D eigenvalue weighted by atomic mass is 32.2. The van der Waals surface area contributed by atoms with Gasteiger partial charge in [0.2, 0.25) is 0 Å². The van der Waals surface area contributed by atoms with Crippen molar-refractivity contribution in [1.82, 2.24) is 5.32 Å². The van der Waals surface area contributed by atoms with E-state index in [2.05, 4.69) is 25.1 Å². The third kappa shape index (κ3) is 7.97. The SMILES string of the molecule is C#CCCCNC(C)CSCC. The molecule has 1 N–H and O–H groups in total. The summed E-state index contributed by atoms with van der Waals surface area (Å²) in [5.41, 5.74) is 0. The summed E-state index contributed by atoms with van der Waals surface area (Å²) in [7, 11) is 0. The summed E-state index contributed by atoms with van der Waals surface area (Å²) in [6, 6.07) is 0.618. The Bertz CT molecular complexity index is 128. The van der Waals surface area contributed by atoms with Crippen LogP contribution in [0.4, 0.5) is 0 Å². The van der Waals surface area contributed by atoms with Gasteiger partial charge in [-0.3, -0.25) is 0 Å². The molecule has 0 saturated heterocycles. The van der Waals surface area contributed by atoms with Crippen LogP contribution < -0.4 is 5.32 Å². The molecular formula is C10H19NS. The molecule has 12 heavy (non-hydrogen) atoms. The fourth-order valence-corrected chi connectivity index (χ4v) is 1.60. The topological polar surface area (TPSA) is 12.0 Å². The van der Waals surface area contributed by atoms with Gasteiger partial charge in [-0.25, -0.2) is 0 Å². The first-order valence-electron chi connectivity index (χ1n) is 4.55. The molecular weight excluding hydrogens is 166 g/mol. The van der Waals surface area contributed by atoms with E-state index in [0.717, 1.165) is 19.4 Å². The van der Waals surface area contributed by atoms with Crippen LogP contribution in [-0.2, 0) is 0 Å². The van der Waals surface area contributed by atoms with Gasteiger partial charge in [0, 0.05) is 18.2 Å². The van der Waals surface area contributed by atoms with Gasteiger partial charge in [0.05, 0.1) is 0 Å². The van der Waals surface area contributed by atoms with Crippen LogP contribution in [-0.4, -0.2) is 24.1 Å². The lowest BCUT2D eigenvalue weighted by atomic mass is 10.3. The van der Waals surface area contributed by atoms with Crippen LogP contribution in [0.15, 0.2) is 0 Å². The molecule has 0 aromatic rings. The van der Waals surface area contributed by atoms with Crippen LogP contribution in [0.1, 0.15) is 26.7 Å². The third-order valence-electron chi connectivity index (χ3n) is 1.56. The maximum Gasteiger partial charge on any atom is 0.0129 e. The summed E-state index contributed by atoms with van der Waals surface area (Å²) in [5, 5.41) is 3.44. The van der Waals surface area contributed by atoms with Crippen molar-refractivity contribution in [3.05, 3.63) is 0 Å². The second-order valence-corrected chi connectivity index (χ2v) is 4.14. The highest BCUT2D eigenvalue weighted by Gasteiger charge is 1.98. The van der Waals surface area contributed by atoms with Crippen molar-refractivity contribution in [1.29, 1.82) is 0 Å². The van der Waals surface area contributed by atoms with Crippen molar-refractivity contribution in [3.63, 3.8) is 0 Å². The largest absolute Gasteiger partial charge is 0.313 e. The van der Waals surface area contributed by atoms with E-state index in [1.54, 1.807) is 0 Å². The Morgan fingerprint density at radius 1 is 1.58 bits per heavy atom. The number of terminal acetylenes is 1. The molecule has 0 heterocycles. The monoisotopic (exact) mass is 185 g/mol. The van der Waals surface area contributed by atoms with Crippen molar-refractivity contribution < 1.29 is 0 Å². The predicted octanol–water partition coefficient (Wildman–Crippen LogP) is 2.13. The van der Waals surface area contributed by atoms with Gasteiger partial charge in [-0.15, -0.1) is 12.3 Å². The Hall–Kier alpha value is -0.130. The van der Waals surface area contributed by atoms with Crippen LogP contribution in [0.3, 0.4) is 0 Å². The zero-order chi connectivity index (χ0) is 9.23. The minimum atomic E-state index is 0.618. The van der Waals surface area contributed by atoms with Crippen molar-refractivity contribution in [3.8, 4) is 12.3 Å². The number of hydrogen-bond donors (Lipinski definition) is 1. The first-order valence-corrected chi connectivity index (χ1v) is 5.71. The Balaban J connectivity index is 3.09. The van der Waals surface area contributed by atoms with Gasteiger partial charge in [0.1, 0.15) is 0 Å². The Kier molecular flexibility index (Phi) is 8.86. The first-order chi connectivity index (χ1) is 5.81. The quantitative estimate of drug-likeness (QED) is 0.482. The molecule has 2 heteroatoms. The summed E-state index contributed by atoms with van der Waals surface area (Å²) >= 11 is 1.98. The van der Waals surface area contributed by atoms with E-state index in [1.165, 1.54) is 11.5 Å². The Morgan fingerprint density at radius 2 is 2.33 bits per heavy atom. The van der Waals surface area contributed by atoms with Gasteiger partial charge in [-0.05, 0) is 25.6 Å². The molecule has 0 saturated carbocycles. The fraction of sp³-hybridized carbons (Fsp3) is 0.800. The fourth-order valence-electron chi connectivity index (χ4n) is 0.892. The second-order valence-electron chi connectivity index (χ2n) is 2.82. The number of hydrogen-bond acceptors (Lipinski definition) is 2. The van der Waals surface area contributed by atoms with Gasteiger partial charge >= 0.3 is 0 Å². The Morgan fingerprint density at radius 3 is 2.92 bits per heavy atom. The molecule has 0 aliphatic carbocycles. The van der Waals surface area contributed by atoms with Gasteiger partial charge in [-0.1, -0.05) is 6.92 Å². The number of thioether (sulfide) groups is 1. The molecule has 0 bridgehead atoms. The molecule has 0 aliphatic heterocycles. The molecule has 70 valence electrons. The van der Waals surface area contributed by atoms with Crippen molar-refractivity contribution in [2.75, 3.05) is 18.1 Å². The normalized spacial score (nSPS) is 12.4. The second kappa shape index (κ2) is 8.96. The molecule has 0 aliphatic rings. The van der Waals surface area contributed by atoms with E-state index in [0.29, 0.717) is 6.04 Å². The molecule has 1 nitrogen and oxygen atoms in total. The van der Waals surface area contributed by atoms with Crippen molar-refractivity contribution in [2.45, 2.75) is 32.7 Å². The van der Waals surface area contributed by atoms with E-state index < -0.39 is 0 Å². The molecule has 0 fully saturated rings. The lowest BCUT2D eigenvalue weighted by Crippen LogP contribution is -2.29. The van der Waals surface area contributed by atoms with Crippen LogP contribution >= 0.6 is 11.8 Å². The number of unbranched alkanes of at least 4 members (excludes halogenated alkanes) is 1. The van der Waals surface area contributed by atoms with Gasteiger partial charge < -0.3 is 5.32 Å². The standard InChI is InChI=1S/C10H19NS/c1-4-6-7-8-11-10(3)9-12-5-2/h1,10-11H,5-9H2,2-3H3. The van der Waals surface area contributed by atoms with Crippen LogP contribution in [0.2, 0.25) is 0 Å². The number of rotatable bonds is 7. The first kappa shape index (κ1) is 11.9. The summed E-state index contributed by atoms with van der Waals surface area (Å²) in [4.78, 5) is 0. The smallest absolute Gasteiger partial charge is 0.0129 e. The lowest BCUT2D eigenvalue weighted by molar-refractivity contribution is 0.581. The van der Waals surface area contributed by atoms with E-state index in [9.17, 15) is 0 Å². The van der Waals surface area contributed by atoms with Gasteiger partial charge in [-0.2, -0.15) is 11.8 Å². The van der Waals surface area contributed by atoms with Crippen LogP contribution in [0.25, 0.3) is 0 Å². The molecule has 0 amide bonds. The van der Waals surface area contributed by atoms with E-state index >= 15 is 0 Å². The van der Waals surface area contributed by atoms with Crippen LogP contribution in [0, 0.1) is 12.3 Å². The maximum atomic E-state index is 5.14. The zero-order valence-electron chi connectivity index (χ0n) is 8.10. The third-order valence-corrected chi connectivity index (χ3v) is 2.71. The zero-order valence-corrected chi connectivity index (χ0v) is 8.91. The molecule has 0 aromatic carbocycles. The minimum Gasteiger partial charge on any atom is -0.313 e. The average molecular weight is 185 g/mol. The van der Waals surface area contributed by atoms with Crippen LogP contribution in [0.5, 0.6) is 0 Å². The van der Waals surface area contributed by atoms with Crippen molar-refractivity contribution >= 4 is 11.8 Å². The molecule has 1 unspecified atom stereocenters. The van der Waals surface area contributed by atoms with Gasteiger partial charge in [0.15, 0.2) is 0 Å². The van der Waals surface area contributed by atoms with Crippen molar-refractivity contribution in [2.24, 2.45) is 0 Å². The summed E-state index contributed by atoms with van der Waals surface area (Å²) in [6.07, 6.45) is 7.13. The predicted molar refractivity (Wildman–Crippen MR) is 58.5 cm³/mol. The van der Waals surface area contributed by atoms with E-state index in [4.69, 9.17) is 6.42 Å².